The first-order valence-electron chi connectivity index (χ1n) is 8.85. The molecule has 0 fully saturated rings. The summed E-state index contributed by atoms with van der Waals surface area (Å²) < 4.78 is 5.83. The van der Waals surface area contributed by atoms with E-state index >= 15 is 0 Å². The summed E-state index contributed by atoms with van der Waals surface area (Å²) in [4.78, 5) is 12.0. The van der Waals surface area contributed by atoms with Crippen LogP contribution >= 0.6 is 0 Å². The van der Waals surface area contributed by atoms with Crippen LogP contribution < -0.4 is 15.4 Å². The molecule has 138 valence electrons. The van der Waals surface area contributed by atoms with Gasteiger partial charge in [-0.3, -0.25) is 10.4 Å². The fourth-order valence-electron chi connectivity index (χ4n) is 2.62. The first-order chi connectivity index (χ1) is 13.2. The fraction of sp³-hybridized carbons (Fsp3) is 0.250. The monoisotopic (exact) mass is 363 g/mol. The molecule has 3 rings (SSSR count). The molecule has 2 amide bonds. The molecule has 3 aromatic rings. The molecule has 3 N–H and O–H groups in total. The Kier molecular flexibility index (Phi) is 5.90. The van der Waals surface area contributed by atoms with Gasteiger partial charge in [-0.2, -0.15) is 10.4 Å². The summed E-state index contributed by atoms with van der Waals surface area (Å²) in [6.07, 6.45) is 1.94. The van der Waals surface area contributed by atoms with E-state index in [1.54, 1.807) is 6.07 Å². The van der Waals surface area contributed by atoms with Crippen LogP contribution in [0, 0.1) is 11.3 Å². The van der Waals surface area contributed by atoms with E-state index in [1.807, 2.05) is 36.4 Å². The molecule has 0 aliphatic carbocycles. The van der Waals surface area contributed by atoms with Crippen molar-refractivity contribution in [3.05, 3.63) is 53.6 Å². The Balaban J connectivity index is 1.71. The van der Waals surface area contributed by atoms with Crippen LogP contribution in [0.25, 0.3) is 10.9 Å². The van der Waals surface area contributed by atoms with E-state index in [0.717, 1.165) is 29.3 Å². The third-order valence-electron chi connectivity index (χ3n) is 4.11. The van der Waals surface area contributed by atoms with Crippen LogP contribution in [0.15, 0.2) is 42.5 Å². The van der Waals surface area contributed by atoms with Crippen molar-refractivity contribution in [2.24, 2.45) is 0 Å². The van der Waals surface area contributed by atoms with Crippen LogP contribution in [-0.2, 0) is 6.61 Å². The number of aromatic amines is 1. The number of amides is 2. The molecule has 1 aromatic heterocycles. The van der Waals surface area contributed by atoms with Gasteiger partial charge in [-0.15, -0.1) is 0 Å². The summed E-state index contributed by atoms with van der Waals surface area (Å²) >= 11 is 0. The lowest BCUT2D eigenvalue weighted by Gasteiger charge is -2.08. The summed E-state index contributed by atoms with van der Waals surface area (Å²) in [5, 5.41) is 22.5. The van der Waals surface area contributed by atoms with Gasteiger partial charge in [0.05, 0.1) is 17.1 Å². The number of aromatic nitrogens is 2. The fourth-order valence-corrected chi connectivity index (χ4v) is 2.62. The van der Waals surface area contributed by atoms with Gasteiger partial charge in [-0.25, -0.2) is 4.79 Å². The van der Waals surface area contributed by atoms with Gasteiger partial charge in [0.15, 0.2) is 5.82 Å². The molecule has 2 aromatic carbocycles. The maximum Gasteiger partial charge on any atom is 0.320 e. The Hall–Kier alpha value is -3.53. The maximum atomic E-state index is 12.0. The van der Waals surface area contributed by atoms with Crippen LogP contribution in [-0.4, -0.2) is 22.8 Å². The van der Waals surface area contributed by atoms with Crippen LogP contribution in [0.3, 0.4) is 0 Å². The van der Waals surface area contributed by atoms with E-state index in [9.17, 15) is 4.79 Å². The van der Waals surface area contributed by atoms with Crippen molar-refractivity contribution >= 4 is 22.8 Å². The number of rotatable bonds is 7. The molecule has 0 atom stereocenters. The number of nitrogens with one attached hydrogen (secondary N) is 3. The molecule has 0 spiro atoms. The molecule has 0 unspecified atom stereocenters. The number of hydrogen-bond acceptors (Lipinski definition) is 4. The number of carbonyl (C=O) groups is 1. The molecule has 0 radical (unpaired) electrons. The summed E-state index contributed by atoms with van der Waals surface area (Å²) in [5.74, 6) is 1.08. The second-order valence-corrected chi connectivity index (χ2v) is 6.07. The number of hydrogen-bond donors (Lipinski definition) is 3. The Morgan fingerprint density at radius 1 is 1.30 bits per heavy atom. The van der Waals surface area contributed by atoms with Gasteiger partial charge in [-0.05, 0) is 30.7 Å². The number of anilines is 1. The smallest absolute Gasteiger partial charge is 0.320 e. The van der Waals surface area contributed by atoms with Crippen LogP contribution in [0.5, 0.6) is 5.75 Å². The van der Waals surface area contributed by atoms with Gasteiger partial charge in [0.1, 0.15) is 12.4 Å². The highest BCUT2D eigenvalue weighted by molar-refractivity contribution is 5.99. The maximum absolute atomic E-state index is 12.0. The average Bonchev–Trinajstić information content (AvgIpc) is 3.09. The quantitative estimate of drug-likeness (QED) is 0.553. The minimum absolute atomic E-state index is 0.285. The van der Waals surface area contributed by atoms with E-state index in [2.05, 4.69) is 33.8 Å². The molecule has 0 bridgehead atoms. The largest absolute Gasteiger partial charge is 0.489 e. The Labute approximate surface area is 157 Å². The van der Waals surface area contributed by atoms with Gasteiger partial charge in [0, 0.05) is 17.5 Å². The molecule has 0 aliphatic rings. The summed E-state index contributed by atoms with van der Waals surface area (Å²) in [6.45, 7) is 2.97. The van der Waals surface area contributed by atoms with Crippen molar-refractivity contribution in [2.45, 2.75) is 26.4 Å². The third kappa shape index (κ3) is 4.55. The Morgan fingerprint density at radius 3 is 2.96 bits per heavy atom. The zero-order valence-corrected chi connectivity index (χ0v) is 15.1. The van der Waals surface area contributed by atoms with Gasteiger partial charge in [0.25, 0.3) is 0 Å². The van der Waals surface area contributed by atoms with Gasteiger partial charge >= 0.3 is 6.03 Å². The normalized spacial score (nSPS) is 10.4. The molecular formula is C20H21N5O2. The van der Waals surface area contributed by atoms with Crippen LogP contribution in [0.1, 0.15) is 30.9 Å². The minimum Gasteiger partial charge on any atom is -0.489 e. The lowest BCUT2D eigenvalue weighted by Crippen LogP contribution is -2.29. The van der Waals surface area contributed by atoms with Crippen molar-refractivity contribution < 1.29 is 9.53 Å². The minimum atomic E-state index is -0.286. The Morgan fingerprint density at radius 2 is 2.15 bits per heavy atom. The topological polar surface area (TPSA) is 103 Å². The third-order valence-corrected chi connectivity index (χ3v) is 4.11. The van der Waals surface area contributed by atoms with E-state index in [4.69, 9.17) is 10.00 Å². The number of ether oxygens (including phenoxy) is 1. The zero-order chi connectivity index (χ0) is 19.1. The van der Waals surface area contributed by atoms with Gasteiger partial charge in [0.2, 0.25) is 0 Å². The van der Waals surface area contributed by atoms with Crippen molar-refractivity contribution in [1.82, 2.24) is 15.5 Å². The molecule has 1 heterocycles. The second kappa shape index (κ2) is 8.72. The first kappa shape index (κ1) is 18.3. The number of unbranched alkanes of at least 4 members (excludes halogenated alkanes) is 1. The molecule has 27 heavy (non-hydrogen) atoms. The lowest BCUT2D eigenvalue weighted by atomic mass is 10.1. The van der Waals surface area contributed by atoms with Gasteiger partial charge < -0.3 is 10.1 Å². The second-order valence-electron chi connectivity index (χ2n) is 6.07. The van der Waals surface area contributed by atoms with Crippen LogP contribution in [0.2, 0.25) is 0 Å². The number of nitrogens with zero attached hydrogens (tertiary/aromatic N) is 2. The predicted molar refractivity (Wildman–Crippen MR) is 104 cm³/mol. The van der Waals surface area contributed by atoms with E-state index in [0.29, 0.717) is 23.7 Å². The van der Waals surface area contributed by atoms with Crippen LogP contribution in [0.4, 0.5) is 10.6 Å². The zero-order valence-electron chi connectivity index (χ0n) is 15.1. The molecular weight excluding hydrogens is 342 g/mol. The van der Waals surface area contributed by atoms with Crippen molar-refractivity contribution in [1.29, 1.82) is 5.26 Å². The average molecular weight is 363 g/mol. The standard InChI is InChI=1S/C20H21N5O2/c1-2-3-10-22-20(26)23-19-17-11-16(8-9-18(17)24-25-19)27-13-15-7-5-4-6-14(15)12-21/h4-9,11H,2-3,10,13H2,1H3,(H3,22,23,24,25,26). The lowest BCUT2D eigenvalue weighted by molar-refractivity contribution is 0.252. The highest BCUT2D eigenvalue weighted by Crippen LogP contribution is 2.26. The van der Waals surface area contributed by atoms with Gasteiger partial charge in [-0.1, -0.05) is 31.5 Å². The predicted octanol–water partition coefficient (Wildman–Crippen LogP) is 3.94. The summed E-state index contributed by atoms with van der Waals surface area (Å²) in [6, 6.07) is 14.7. The number of H-pyrrole nitrogens is 1. The molecule has 0 aliphatic heterocycles. The summed E-state index contributed by atoms with van der Waals surface area (Å²) in [7, 11) is 0. The number of urea groups is 1. The van der Waals surface area contributed by atoms with E-state index in [-0.39, 0.29) is 12.6 Å². The number of fused-ring (bicyclic) bond motifs is 1. The highest BCUT2D eigenvalue weighted by Gasteiger charge is 2.10. The van der Waals surface area contributed by atoms with E-state index in [1.165, 1.54) is 0 Å². The van der Waals surface area contributed by atoms with Crippen molar-refractivity contribution in [2.75, 3.05) is 11.9 Å². The first-order valence-corrected chi connectivity index (χ1v) is 8.85. The van der Waals surface area contributed by atoms with Crippen molar-refractivity contribution in [3.8, 4) is 11.8 Å². The number of carbonyl (C=O) groups excluding carboxylic acids is 1. The van der Waals surface area contributed by atoms with Crippen molar-refractivity contribution in [3.63, 3.8) is 0 Å². The molecule has 7 heteroatoms. The van der Waals surface area contributed by atoms with E-state index < -0.39 is 0 Å². The SMILES string of the molecule is CCCCNC(=O)Nc1n[nH]c2ccc(OCc3ccccc3C#N)cc12. The molecule has 0 saturated heterocycles. The molecule has 0 saturated carbocycles. The Bertz CT molecular complexity index is 974. The highest BCUT2D eigenvalue weighted by atomic mass is 16.5. The number of benzene rings is 2. The molecule has 7 nitrogen and oxygen atoms in total. The number of nitriles is 1. The summed E-state index contributed by atoms with van der Waals surface area (Å²) in [5.41, 5.74) is 2.21.